The molecule has 0 bridgehead atoms. The first-order valence-electron chi connectivity index (χ1n) is 7.21. The third kappa shape index (κ3) is 2.56. The number of aromatic nitrogens is 2. The van der Waals surface area contributed by atoms with E-state index in [9.17, 15) is 0 Å². The average molecular weight is 255 g/mol. The molecule has 19 heavy (non-hydrogen) atoms. The minimum atomic E-state index is 0.100. The van der Waals surface area contributed by atoms with Crippen molar-refractivity contribution in [2.45, 2.75) is 38.1 Å². The van der Waals surface area contributed by atoms with Gasteiger partial charge in [0.25, 0.3) is 0 Å². The van der Waals surface area contributed by atoms with Crippen LogP contribution in [0.15, 0.2) is 42.6 Å². The fourth-order valence-corrected chi connectivity index (χ4v) is 3.09. The summed E-state index contributed by atoms with van der Waals surface area (Å²) in [7, 11) is 0. The van der Waals surface area contributed by atoms with Crippen LogP contribution in [0.1, 0.15) is 43.8 Å². The van der Waals surface area contributed by atoms with Crippen LogP contribution in [-0.2, 0) is 0 Å². The fraction of sp³-hybridized carbons (Fsp3) is 0.438. The first-order valence-corrected chi connectivity index (χ1v) is 7.21. The molecule has 1 aliphatic carbocycles. The normalized spacial score (nSPS) is 18.4. The van der Waals surface area contributed by atoms with E-state index in [1.807, 2.05) is 29.1 Å². The molecule has 1 unspecified atom stereocenters. The van der Waals surface area contributed by atoms with Crippen molar-refractivity contribution < 1.29 is 0 Å². The monoisotopic (exact) mass is 255 g/mol. The van der Waals surface area contributed by atoms with Crippen LogP contribution in [0.3, 0.4) is 0 Å². The van der Waals surface area contributed by atoms with Gasteiger partial charge in [-0.2, -0.15) is 5.10 Å². The second-order valence-corrected chi connectivity index (χ2v) is 5.43. The van der Waals surface area contributed by atoms with E-state index in [0.717, 1.165) is 11.4 Å². The molecule has 1 aliphatic rings. The maximum absolute atomic E-state index is 6.49. The van der Waals surface area contributed by atoms with Gasteiger partial charge in [0.05, 0.1) is 11.4 Å². The number of rotatable bonds is 3. The highest BCUT2D eigenvalue weighted by atomic mass is 15.3. The molecular weight excluding hydrogens is 234 g/mol. The van der Waals surface area contributed by atoms with E-state index in [1.165, 1.54) is 32.1 Å². The zero-order chi connectivity index (χ0) is 13.1. The van der Waals surface area contributed by atoms with Gasteiger partial charge in [-0.25, -0.2) is 4.68 Å². The predicted molar refractivity (Wildman–Crippen MR) is 77.1 cm³/mol. The van der Waals surface area contributed by atoms with Gasteiger partial charge in [-0.3, -0.25) is 0 Å². The van der Waals surface area contributed by atoms with E-state index in [4.69, 9.17) is 5.73 Å². The number of nitrogens with two attached hydrogens (primary N) is 1. The summed E-state index contributed by atoms with van der Waals surface area (Å²) in [5.74, 6) is 0.605. The van der Waals surface area contributed by atoms with Gasteiger partial charge < -0.3 is 5.73 Å². The van der Waals surface area contributed by atoms with Gasteiger partial charge in [0, 0.05) is 12.2 Å². The molecule has 1 saturated carbocycles. The molecule has 3 heteroatoms. The number of hydrogen-bond acceptors (Lipinski definition) is 2. The molecule has 100 valence electrons. The lowest BCUT2D eigenvalue weighted by Crippen LogP contribution is -2.25. The molecule has 1 atom stereocenters. The summed E-state index contributed by atoms with van der Waals surface area (Å²) < 4.78 is 1.99. The lowest BCUT2D eigenvalue weighted by atomic mass is 9.83. The third-order valence-electron chi connectivity index (χ3n) is 4.17. The molecule has 1 heterocycles. The van der Waals surface area contributed by atoms with Gasteiger partial charge in [0.2, 0.25) is 0 Å². The molecular formula is C16H21N3. The second-order valence-electron chi connectivity index (χ2n) is 5.43. The summed E-state index contributed by atoms with van der Waals surface area (Å²) in [4.78, 5) is 0. The zero-order valence-electron chi connectivity index (χ0n) is 11.2. The highest BCUT2D eigenvalue weighted by Crippen LogP contribution is 2.33. The summed E-state index contributed by atoms with van der Waals surface area (Å²) in [5, 5.41) is 4.44. The Labute approximate surface area is 114 Å². The minimum absolute atomic E-state index is 0.100. The molecule has 2 aromatic rings. The molecule has 0 spiro atoms. The number of hydrogen-bond donors (Lipinski definition) is 1. The molecule has 0 radical (unpaired) electrons. The molecule has 3 nitrogen and oxygen atoms in total. The maximum Gasteiger partial charge on any atom is 0.0649 e. The van der Waals surface area contributed by atoms with Crippen LogP contribution in [0.4, 0.5) is 0 Å². The third-order valence-corrected chi connectivity index (χ3v) is 4.17. The molecule has 1 aromatic heterocycles. The first-order chi connectivity index (χ1) is 9.36. The molecule has 1 aromatic carbocycles. The van der Waals surface area contributed by atoms with Crippen molar-refractivity contribution in [3.05, 3.63) is 48.3 Å². The second kappa shape index (κ2) is 5.57. The van der Waals surface area contributed by atoms with E-state index in [2.05, 4.69) is 23.3 Å². The highest BCUT2D eigenvalue weighted by Gasteiger charge is 2.24. The Morgan fingerprint density at radius 3 is 2.53 bits per heavy atom. The van der Waals surface area contributed by atoms with Crippen LogP contribution in [0, 0.1) is 5.92 Å². The van der Waals surface area contributed by atoms with Crippen LogP contribution in [0.2, 0.25) is 0 Å². The van der Waals surface area contributed by atoms with E-state index in [0.29, 0.717) is 5.92 Å². The zero-order valence-corrected chi connectivity index (χ0v) is 11.2. The summed E-state index contributed by atoms with van der Waals surface area (Å²) in [5.41, 5.74) is 8.72. The van der Waals surface area contributed by atoms with Crippen molar-refractivity contribution in [3.63, 3.8) is 0 Å². The SMILES string of the molecule is NC(c1ccnn1-c1ccccc1)C1CCCCC1. The Kier molecular flexibility index (Phi) is 3.65. The summed E-state index contributed by atoms with van der Waals surface area (Å²) in [6, 6.07) is 12.4. The van der Waals surface area contributed by atoms with E-state index < -0.39 is 0 Å². The molecule has 0 saturated heterocycles. The Morgan fingerprint density at radius 2 is 1.79 bits per heavy atom. The molecule has 3 rings (SSSR count). The van der Waals surface area contributed by atoms with Crippen LogP contribution < -0.4 is 5.73 Å². The van der Waals surface area contributed by atoms with Gasteiger partial charge in [-0.15, -0.1) is 0 Å². The summed E-state index contributed by atoms with van der Waals surface area (Å²) >= 11 is 0. The lowest BCUT2D eigenvalue weighted by Gasteiger charge is -2.27. The van der Waals surface area contributed by atoms with Gasteiger partial charge in [0.15, 0.2) is 0 Å². The van der Waals surface area contributed by atoms with Crippen molar-refractivity contribution in [3.8, 4) is 5.69 Å². The van der Waals surface area contributed by atoms with Gasteiger partial charge >= 0.3 is 0 Å². The first kappa shape index (κ1) is 12.4. The Hall–Kier alpha value is -1.61. The van der Waals surface area contributed by atoms with Crippen molar-refractivity contribution >= 4 is 0 Å². The molecule has 1 fully saturated rings. The predicted octanol–water partition coefficient (Wildman–Crippen LogP) is 3.45. The molecule has 2 N–H and O–H groups in total. The standard InChI is InChI=1S/C16H21N3/c17-16(13-7-3-1-4-8-13)15-11-12-18-19(15)14-9-5-2-6-10-14/h2,5-6,9-13,16H,1,3-4,7-8,17H2. The Balaban J connectivity index is 1.87. The van der Waals surface area contributed by atoms with Crippen molar-refractivity contribution in [1.29, 1.82) is 0 Å². The largest absolute Gasteiger partial charge is 0.322 e. The van der Waals surface area contributed by atoms with Gasteiger partial charge in [-0.05, 0) is 37.0 Å². The van der Waals surface area contributed by atoms with Crippen molar-refractivity contribution in [2.24, 2.45) is 11.7 Å². The summed E-state index contributed by atoms with van der Waals surface area (Å²) in [6.45, 7) is 0. The smallest absolute Gasteiger partial charge is 0.0649 e. The number of para-hydroxylation sites is 1. The Morgan fingerprint density at radius 1 is 1.05 bits per heavy atom. The molecule has 0 aliphatic heterocycles. The Bertz CT molecular complexity index is 512. The van der Waals surface area contributed by atoms with E-state index >= 15 is 0 Å². The van der Waals surface area contributed by atoms with Crippen LogP contribution in [-0.4, -0.2) is 9.78 Å². The summed E-state index contributed by atoms with van der Waals surface area (Å²) in [6.07, 6.45) is 8.35. The number of nitrogens with zero attached hydrogens (tertiary/aromatic N) is 2. The van der Waals surface area contributed by atoms with Crippen molar-refractivity contribution in [2.75, 3.05) is 0 Å². The van der Waals surface area contributed by atoms with Gasteiger partial charge in [0.1, 0.15) is 0 Å². The lowest BCUT2D eigenvalue weighted by molar-refractivity contribution is 0.302. The van der Waals surface area contributed by atoms with E-state index in [1.54, 1.807) is 0 Å². The topological polar surface area (TPSA) is 43.8 Å². The maximum atomic E-state index is 6.49. The van der Waals surface area contributed by atoms with Crippen LogP contribution in [0.25, 0.3) is 5.69 Å². The molecule has 0 amide bonds. The van der Waals surface area contributed by atoms with E-state index in [-0.39, 0.29) is 6.04 Å². The minimum Gasteiger partial charge on any atom is -0.322 e. The van der Waals surface area contributed by atoms with Crippen LogP contribution in [0.5, 0.6) is 0 Å². The van der Waals surface area contributed by atoms with Crippen LogP contribution >= 0.6 is 0 Å². The quantitative estimate of drug-likeness (QED) is 0.912. The van der Waals surface area contributed by atoms with Crippen molar-refractivity contribution in [1.82, 2.24) is 9.78 Å². The van der Waals surface area contributed by atoms with Gasteiger partial charge in [-0.1, -0.05) is 37.5 Å². The fourth-order valence-electron chi connectivity index (χ4n) is 3.09. The number of benzene rings is 1. The highest BCUT2D eigenvalue weighted by molar-refractivity contribution is 5.33. The average Bonchev–Trinajstić information content (AvgIpc) is 2.98.